The molecule has 0 radical (unpaired) electrons. The van der Waals surface area contributed by atoms with Crippen LogP contribution in [-0.4, -0.2) is 28.4 Å². The fourth-order valence-electron chi connectivity index (χ4n) is 4.32. The third-order valence-electron chi connectivity index (χ3n) is 5.75. The number of aryl methyl sites for hydroxylation is 1. The Bertz CT molecular complexity index is 930. The number of rotatable bonds is 5. The average Bonchev–Trinajstić information content (AvgIpc) is 3.40. The van der Waals surface area contributed by atoms with Crippen LogP contribution >= 0.6 is 0 Å². The second-order valence-electron chi connectivity index (χ2n) is 8.30. The van der Waals surface area contributed by atoms with Crippen molar-refractivity contribution >= 4 is 17.6 Å². The van der Waals surface area contributed by atoms with Gasteiger partial charge in [0.15, 0.2) is 5.82 Å². The number of carbonyl (C=O) groups is 1. The number of fused-ring (bicyclic) bond motifs is 1. The van der Waals surface area contributed by atoms with Gasteiger partial charge in [0.25, 0.3) is 0 Å². The molecule has 1 saturated carbocycles. The highest BCUT2D eigenvalue weighted by Crippen LogP contribution is 2.37. The molecule has 2 aliphatic rings. The molecule has 0 spiro atoms. The van der Waals surface area contributed by atoms with Gasteiger partial charge >= 0.3 is 6.09 Å². The lowest BCUT2D eigenvalue weighted by molar-refractivity contribution is 0.0981. The van der Waals surface area contributed by atoms with E-state index in [9.17, 15) is 10.1 Å². The van der Waals surface area contributed by atoms with Gasteiger partial charge in [0.1, 0.15) is 6.10 Å². The number of hydrogen-bond donors (Lipinski definition) is 3. The Morgan fingerprint density at radius 3 is 2.97 bits per heavy atom. The quantitative estimate of drug-likeness (QED) is 0.695. The molecule has 0 saturated heterocycles. The molecular formula is C22H27N5O2. The molecule has 1 heterocycles. The normalized spacial score (nSPS) is 22.9. The lowest BCUT2D eigenvalue weighted by Crippen LogP contribution is -2.33. The third-order valence-corrected chi connectivity index (χ3v) is 5.75. The monoisotopic (exact) mass is 393 g/mol. The van der Waals surface area contributed by atoms with Gasteiger partial charge in [0.2, 0.25) is 0 Å². The molecule has 0 aliphatic heterocycles. The Labute approximate surface area is 170 Å². The molecule has 152 valence electrons. The highest BCUT2D eigenvalue weighted by atomic mass is 16.6. The fraction of sp³-hybridized carbons (Fsp3) is 0.500. The minimum atomic E-state index is -0.343. The first kappa shape index (κ1) is 19.3. The number of benzene rings is 1. The van der Waals surface area contributed by atoms with Gasteiger partial charge in [-0.25, -0.2) is 4.79 Å². The molecule has 0 bridgehead atoms. The Hall–Kier alpha value is -3.01. The van der Waals surface area contributed by atoms with Gasteiger partial charge in [0.05, 0.1) is 12.0 Å². The van der Waals surface area contributed by atoms with Crippen LogP contribution in [0, 0.1) is 11.3 Å². The topological polar surface area (TPSA) is 103 Å². The number of nitrogens with zero attached hydrogens (tertiary/aromatic N) is 2. The van der Waals surface area contributed by atoms with E-state index in [1.165, 1.54) is 5.56 Å². The number of amides is 1. The summed E-state index contributed by atoms with van der Waals surface area (Å²) in [7, 11) is 0. The number of alkyl carbamates (subject to hydrolysis) is 1. The predicted octanol–water partition coefficient (Wildman–Crippen LogP) is 4.48. The molecule has 29 heavy (non-hydrogen) atoms. The number of nitrogens with one attached hydrogen (secondary N) is 3. The van der Waals surface area contributed by atoms with Crippen molar-refractivity contribution in [3.05, 3.63) is 41.1 Å². The van der Waals surface area contributed by atoms with E-state index in [0.717, 1.165) is 54.9 Å². The van der Waals surface area contributed by atoms with Gasteiger partial charge < -0.3 is 15.4 Å². The molecule has 1 fully saturated rings. The number of aromatic amines is 1. The molecular weight excluding hydrogens is 366 g/mol. The number of anilines is 2. The molecule has 2 aliphatic carbocycles. The summed E-state index contributed by atoms with van der Waals surface area (Å²) in [4.78, 5) is 11.8. The van der Waals surface area contributed by atoms with E-state index in [2.05, 4.69) is 39.0 Å². The Morgan fingerprint density at radius 1 is 1.31 bits per heavy atom. The van der Waals surface area contributed by atoms with Crippen LogP contribution in [0.1, 0.15) is 68.2 Å². The number of nitriles is 1. The number of aromatic nitrogens is 2. The van der Waals surface area contributed by atoms with E-state index in [4.69, 9.17) is 4.74 Å². The van der Waals surface area contributed by atoms with Crippen molar-refractivity contribution in [1.82, 2.24) is 15.5 Å². The molecule has 3 N–H and O–H groups in total. The van der Waals surface area contributed by atoms with Crippen molar-refractivity contribution in [3.63, 3.8) is 0 Å². The van der Waals surface area contributed by atoms with E-state index < -0.39 is 0 Å². The number of carbonyl (C=O) groups excluding carboxylic acids is 1. The van der Waals surface area contributed by atoms with Crippen LogP contribution in [-0.2, 0) is 11.2 Å². The first-order chi connectivity index (χ1) is 14.0. The predicted molar refractivity (Wildman–Crippen MR) is 110 cm³/mol. The molecule has 7 heteroatoms. The molecule has 2 aromatic rings. The van der Waals surface area contributed by atoms with Gasteiger partial charge in [-0.05, 0) is 69.2 Å². The maximum atomic E-state index is 11.8. The number of H-pyrrole nitrogens is 1. The highest BCUT2D eigenvalue weighted by molar-refractivity contribution is 5.67. The van der Waals surface area contributed by atoms with Crippen LogP contribution in [0.5, 0.6) is 0 Å². The molecule has 1 amide bonds. The second kappa shape index (κ2) is 8.16. The molecule has 4 rings (SSSR count). The Kier molecular flexibility index (Phi) is 5.43. The maximum Gasteiger partial charge on any atom is 0.407 e. The van der Waals surface area contributed by atoms with Crippen LogP contribution in [0.2, 0.25) is 0 Å². The minimum absolute atomic E-state index is 0.00943. The summed E-state index contributed by atoms with van der Waals surface area (Å²) in [5.41, 5.74) is 4.40. The van der Waals surface area contributed by atoms with Gasteiger partial charge in [-0.15, -0.1) is 0 Å². The number of ether oxygens (including phenoxy) is 1. The van der Waals surface area contributed by atoms with Gasteiger partial charge in [-0.1, -0.05) is 6.07 Å². The fourth-order valence-corrected chi connectivity index (χ4v) is 4.32. The van der Waals surface area contributed by atoms with Gasteiger partial charge in [0, 0.05) is 29.4 Å². The first-order valence-electron chi connectivity index (χ1n) is 10.3. The van der Waals surface area contributed by atoms with E-state index in [0.29, 0.717) is 5.92 Å². The van der Waals surface area contributed by atoms with Gasteiger partial charge in [-0.3, -0.25) is 5.10 Å². The van der Waals surface area contributed by atoms with Gasteiger partial charge in [-0.2, -0.15) is 10.4 Å². The van der Waals surface area contributed by atoms with E-state index >= 15 is 0 Å². The highest BCUT2D eigenvalue weighted by Gasteiger charge is 2.30. The Morgan fingerprint density at radius 2 is 2.17 bits per heavy atom. The minimum Gasteiger partial charge on any atom is -0.446 e. The lowest BCUT2D eigenvalue weighted by Gasteiger charge is -2.14. The second-order valence-corrected chi connectivity index (χ2v) is 8.30. The van der Waals surface area contributed by atoms with E-state index in [1.54, 1.807) is 0 Å². The summed E-state index contributed by atoms with van der Waals surface area (Å²) in [5.74, 6) is 1.05. The zero-order valence-electron chi connectivity index (χ0n) is 16.9. The molecule has 7 nitrogen and oxygen atoms in total. The summed E-state index contributed by atoms with van der Waals surface area (Å²) < 4.78 is 5.51. The van der Waals surface area contributed by atoms with E-state index in [1.807, 2.05) is 26.0 Å². The summed E-state index contributed by atoms with van der Waals surface area (Å²) in [6.45, 7) is 3.83. The summed E-state index contributed by atoms with van der Waals surface area (Å²) in [6.07, 6.45) is 4.10. The Balaban J connectivity index is 1.36. The van der Waals surface area contributed by atoms with Crippen molar-refractivity contribution in [3.8, 4) is 6.07 Å². The van der Waals surface area contributed by atoms with Crippen LogP contribution in [0.15, 0.2) is 24.3 Å². The van der Waals surface area contributed by atoms with Crippen LogP contribution in [0.3, 0.4) is 0 Å². The number of hydrogen-bond acceptors (Lipinski definition) is 5. The molecule has 3 atom stereocenters. The standard InChI is InChI=1S/C22H27N5O2/c1-13(2)24-22(28)29-18-8-6-15(9-18)20-11-21(27-26-20)25-17-7-5-14-3-4-16(12-23)19(14)10-17/h5,7,10-11,13,15-16,18H,3-4,6,8-9H2,1-2H3,(H,24,28)(H2,25,26,27)/t15-,16?,18+/m0/s1. The van der Waals surface area contributed by atoms with Crippen molar-refractivity contribution < 1.29 is 9.53 Å². The average molecular weight is 393 g/mol. The third kappa shape index (κ3) is 4.37. The van der Waals surface area contributed by atoms with E-state index in [-0.39, 0.29) is 24.2 Å². The summed E-state index contributed by atoms with van der Waals surface area (Å²) in [6, 6.07) is 10.7. The zero-order chi connectivity index (χ0) is 20.4. The molecule has 1 aromatic carbocycles. The summed E-state index contributed by atoms with van der Waals surface area (Å²) >= 11 is 0. The summed E-state index contributed by atoms with van der Waals surface area (Å²) in [5, 5.41) is 22.9. The smallest absolute Gasteiger partial charge is 0.407 e. The molecule has 1 aromatic heterocycles. The van der Waals surface area contributed by atoms with Crippen molar-refractivity contribution in [2.75, 3.05) is 5.32 Å². The lowest BCUT2D eigenvalue weighted by atomic mass is 10.0. The largest absolute Gasteiger partial charge is 0.446 e. The molecule has 1 unspecified atom stereocenters. The first-order valence-corrected chi connectivity index (χ1v) is 10.3. The zero-order valence-corrected chi connectivity index (χ0v) is 16.9. The van der Waals surface area contributed by atoms with Crippen molar-refractivity contribution in [2.45, 2.75) is 69.9 Å². The van der Waals surface area contributed by atoms with Crippen LogP contribution in [0.4, 0.5) is 16.3 Å². The van der Waals surface area contributed by atoms with Crippen LogP contribution < -0.4 is 10.6 Å². The van der Waals surface area contributed by atoms with Crippen molar-refractivity contribution in [2.24, 2.45) is 0 Å². The van der Waals surface area contributed by atoms with Crippen molar-refractivity contribution in [1.29, 1.82) is 5.26 Å². The van der Waals surface area contributed by atoms with Crippen LogP contribution in [0.25, 0.3) is 0 Å². The maximum absolute atomic E-state index is 11.8. The SMILES string of the molecule is CC(C)NC(=O)O[C@@H]1CC[C@H](c2cc(Nc3ccc4c(c3)C(C#N)CC4)n[nH]2)C1.